The topological polar surface area (TPSA) is 74.4 Å². The number of aliphatic hydroxyl groups excluding tert-OH is 1. The van der Waals surface area contributed by atoms with Crippen LogP contribution in [0.4, 0.5) is 5.13 Å². The lowest BCUT2D eigenvalue weighted by atomic mass is 9.63. The molecule has 4 rings (SSSR count). The van der Waals surface area contributed by atoms with E-state index in [1.54, 1.807) is 18.3 Å². The molecule has 1 aromatic carbocycles. The zero-order chi connectivity index (χ0) is 23.1. The molecule has 0 saturated carbocycles. The zero-order valence-electron chi connectivity index (χ0n) is 20.3. The van der Waals surface area contributed by atoms with Gasteiger partial charge in [-0.2, -0.15) is 0 Å². The van der Waals surface area contributed by atoms with Crippen LogP contribution in [-0.4, -0.2) is 47.9 Å². The summed E-state index contributed by atoms with van der Waals surface area (Å²) in [4.78, 5) is 7.44. The molecule has 1 aromatic heterocycles. The fourth-order valence-electron chi connectivity index (χ4n) is 5.04. The Balaban J connectivity index is 1.43. The van der Waals surface area contributed by atoms with E-state index in [1.807, 2.05) is 0 Å². The van der Waals surface area contributed by atoms with Crippen molar-refractivity contribution in [2.24, 2.45) is 5.73 Å². The van der Waals surface area contributed by atoms with Gasteiger partial charge in [-0.3, -0.25) is 0 Å². The number of aliphatic hydroxyl groups is 1. The van der Waals surface area contributed by atoms with Crippen molar-refractivity contribution in [1.29, 1.82) is 0 Å². The molecule has 0 radical (unpaired) electrons. The van der Waals surface area contributed by atoms with E-state index in [1.165, 1.54) is 29.5 Å². The van der Waals surface area contributed by atoms with Crippen molar-refractivity contribution in [3.05, 3.63) is 34.7 Å². The summed E-state index contributed by atoms with van der Waals surface area (Å²) in [5.41, 5.74) is 11.7. The molecule has 1 fully saturated rings. The van der Waals surface area contributed by atoms with Crippen molar-refractivity contribution in [3.8, 4) is 11.3 Å². The monoisotopic (exact) mass is 456 g/mol. The second kappa shape index (κ2) is 9.05. The maximum Gasteiger partial charge on any atom is 0.185 e. The highest BCUT2D eigenvalue weighted by Crippen LogP contribution is 2.47. The minimum absolute atomic E-state index is 0.207. The molecule has 2 heterocycles. The first kappa shape index (κ1) is 23.7. The van der Waals surface area contributed by atoms with Gasteiger partial charge in [0.25, 0.3) is 0 Å². The van der Waals surface area contributed by atoms with Gasteiger partial charge in [0, 0.05) is 42.7 Å². The number of nitrogens with one attached hydrogen (secondary N) is 1. The maximum atomic E-state index is 9.58. The third-order valence-electron chi connectivity index (χ3n) is 7.67. The van der Waals surface area contributed by atoms with E-state index in [0.29, 0.717) is 12.6 Å². The second-order valence-electron chi connectivity index (χ2n) is 11.1. The fraction of sp³-hybridized carbons (Fsp3) is 0.654. The number of hydrogen-bond acceptors (Lipinski definition) is 6. The molecule has 32 heavy (non-hydrogen) atoms. The first-order valence-electron chi connectivity index (χ1n) is 12.1. The third-order valence-corrected chi connectivity index (χ3v) is 8.57. The van der Waals surface area contributed by atoms with Crippen LogP contribution in [0.25, 0.3) is 11.3 Å². The van der Waals surface area contributed by atoms with Crippen molar-refractivity contribution in [2.45, 2.75) is 89.3 Å². The Morgan fingerprint density at radius 1 is 1.16 bits per heavy atom. The summed E-state index contributed by atoms with van der Waals surface area (Å²) >= 11 is 1.75. The van der Waals surface area contributed by atoms with E-state index in [4.69, 9.17) is 10.7 Å². The van der Waals surface area contributed by atoms with Gasteiger partial charge in [0.1, 0.15) is 0 Å². The van der Waals surface area contributed by atoms with E-state index in [-0.39, 0.29) is 16.9 Å². The van der Waals surface area contributed by atoms with Crippen LogP contribution in [0.3, 0.4) is 0 Å². The van der Waals surface area contributed by atoms with Crippen LogP contribution >= 0.6 is 11.3 Å². The van der Waals surface area contributed by atoms with Gasteiger partial charge >= 0.3 is 0 Å². The number of nitrogens with zero attached hydrogens (tertiary/aromatic N) is 2. The van der Waals surface area contributed by atoms with Crippen LogP contribution in [-0.2, 0) is 10.8 Å². The van der Waals surface area contributed by atoms with Crippen LogP contribution < -0.4 is 16.0 Å². The fourth-order valence-corrected chi connectivity index (χ4v) is 5.93. The number of nitrogens with two attached hydrogens (primary N) is 1. The minimum atomic E-state index is -0.475. The Morgan fingerprint density at radius 2 is 1.81 bits per heavy atom. The van der Waals surface area contributed by atoms with Crippen molar-refractivity contribution in [2.75, 3.05) is 24.5 Å². The van der Waals surface area contributed by atoms with E-state index < -0.39 is 6.10 Å². The Kier molecular flexibility index (Phi) is 6.70. The predicted octanol–water partition coefficient (Wildman–Crippen LogP) is 4.43. The zero-order valence-corrected chi connectivity index (χ0v) is 21.1. The van der Waals surface area contributed by atoms with Gasteiger partial charge in [-0.1, -0.05) is 39.8 Å². The van der Waals surface area contributed by atoms with Crippen molar-refractivity contribution < 1.29 is 5.11 Å². The summed E-state index contributed by atoms with van der Waals surface area (Å²) in [5, 5.41) is 16.4. The highest BCUT2D eigenvalue weighted by Gasteiger charge is 2.37. The number of thiazole rings is 1. The van der Waals surface area contributed by atoms with E-state index in [2.05, 4.69) is 61.5 Å². The van der Waals surface area contributed by atoms with Crippen molar-refractivity contribution in [1.82, 2.24) is 10.3 Å². The van der Waals surface area contributed by atoms with Crippen LogP contribution in [0.15, 0.2) is 23.6 Å². The van der Waals surface area contributed by atoms with Crippen LogP contribution in [0.2, 0.25) is 0 Å². The molecule has 5 nitrogen and oxygen atoms in total. The molecule has 6 heteroatoms. The molecule has 176 valence electrons. The summed E-state index contributed by atoms with van der Waals surface area (Å²) in [5.74, 6) is 0. The average Bonchev–Trinajstić information content (AvgIpc) is 3.26. The summed E-state index contributed by atoms with van der Waals surface area (Å²) < 4.78 is 0. The molecule has 2 aromatic rings. The minimum Gasteiger partial charge on any atom is -0.392 e. The van der Waals surface area contributed by atoms with E-state index in [9.17, 15) is 5.11 Å². The normalized spacial score (nSPS) is 22.4. The van der Waals surface area contributed by atoms with Gasteiger partial charge in [0.15, 0.2) is 5.13 Å². The van der Waals surface area contributed by atoms with Gasteiger partial charge < -0.3 is 21.1 Å². The summed E-state index contributed by atoms with van der Waals surface area (Å²) in [6, 6.07) is 7.27. The molecular formula is C26H40N4OS. The molecule has 0 unspecified atom stereocenters. The first-order chi connectivity index (χ1) is 15.1. The number of piperidine rings is 1. The van der Waals surface area contributed by atoms with Crippen LogP contribution in [0.1, 0.15) is 71.4 Å². The molecule has 0 bridgehead atoms. The quantitative estimate of drug-likeness (QED) is 0.600. The lowest BCUT2D eigenvalue weighted by molar-refractivity contribution is 0.159. The number of benzene rings is 1. The number of anilines is 1. The SMILES string of the molecule is C[C@@H](O)[C@H](N)CNC1CCN(c2nc(-c3ccc4c(c3)C(C)(C)CCC4(C)C)cs2)CC1. The van der Waals surface area contributed by atoms with Gasteiger partial charge in [-0.05, 0) is 60.6 Å². The summed E-state index contributed by atoms with van der Waals surface area (Å²) in [6.45, 7) is 13.9. The molecule has 1 saturated heterocycles. The largest absolute Gasteiger partial charge is 0.392 e. The van der Waals surface area contributed by atoms with E-state index >= 15 is 0 Å². The first-order valence-corrected chi connectivity index (χ1v) is 13.0. The highest BCUT2D eigenvalue weighted by molar-refractivity contribution is 7.14. The number of fused-ring (bicyclic) bond motifs is 1. The van der Waals surface area contributed by atoms with Gasteiger partial charge in [0.05, 0.1) is 11.8 Å². The van der Waals surface area contributed by atoms with E-state index in [0.717, 1.165) is 36.8 Å². The van der Waals surface area contributed by atoms with Crippen LogP contribution in [0, 0.1) is 0 Å². The van der Waals surface area contributed by atoms with Gasteiger partial charge in [-0.15, -0.1) is 11.3 Å². The molecule has 2 atom stereocenters. The molecule has 0 amide bonds. The summed E-state index contributed by atoms with van der Waals surface area (Å²) in [7, 11) is 0. The molecule has 0 spiro atoms. The predicted molar refractivity (Wildman–Crippen MR) is 136 cm³/mol. The third kappa shape index (κ3) is 4.89. The molecular weight excluding hydrogens is 416 g/mol. The average molecular weight is 457 g/mol. The van der Waals surface area contributed by atoms with Gasteiger partial charge in [0.2, 0.25) is 0 Å². The molecule has 2 aliphatic rings. The lowest BCUT2D eigenvalue weighted by Crippen LogP contribution is -2.48. The Hall–Kier alpha value is -1.47. The standard InChI is InChI=1S/C26H40N4OS/c1-17(31)22(27)15-28-19-8-12-30(13-9-19)24-29-23(16-32-24)18-6-7-20-21(14-18)26(4,5)11-10-25(20,2)3/h6-7,14,16-17,19,22,28,31H,8-13,15,27H2,1-5H3/t17-,22-/m1/s1. The second-order valence-corrected chi connectivity index (χ2v) is 12.0. The highest BCUT2D eigenvalue weighted by atomic mass is 32.1. The molecule has 4 N–H and O–H groups in total. The number of aromatic nitrogens is 1. The van der Waals surface area contributed by atoms with Crippen LogP contribution in [0.5, 0.6) is 0 Å². The number of rotatable bonds is 6. The summed E-state index contributed by atoms with van der Waals surface area (Å²) in [6.07, 6.45) is 4.14. The van der Waals surface area contributed by atoms with Crippen molar-refractivity contribution >= 4 is 16.5 Å². The Labute approximate surface area is 197 Å². The number of hydrogen-bond donors (Lipinski definition) is 3. The van der Waals surface area contributed by atoms with Gasteiger partial charge in [-0.25, -0.2) is 4.98 Å². The Morgan fingerprint density at radius 3 is 2.47 bits per heavy atom. The van der Waals surface area contributed by atoms with Crippen molar-refractivity contribution in [3.63, 3.8) is 0 Å². The smallest absolute Gasteiger partial charge is 0.185 e. The molecule has 1 aliphatic heterocycles. The lowest BCUT2D eigenvalue weighted by Gasteiger charge is -2.42. The Bertz CT molecular complexity index is 928. The maximum absolute atomic E-state index is 9.58. The molecule has 1 aliphatic carbocycles.